The number of ether oxygens (including phenoxy) is 1. The number of nitriles is 1. The number of rotatable bonds is 5. The molecule has 168 valence electrons. The predicted molar refractivity (Wildman–Crippen MR) is 128 cm³/mol. The van der Waals surface area contributed by atoms with E-state index in [-0.39, 0.29) is 6.04 Å². The maximum atomic E-state index is 9.42. The maximum absolute atomic E-state index is 9.42. The Hall–Kier alpha value is -2.51. The van der Waals surface area contributed by atoms with E-state index in [9.17, 15) is 5.26 Å². The third-order valence-corrected chi connectivity index (χ3v) is 7.36. The van der Waals surface area contributed by atoms with Gasteiger partial charge in [0.15, 0.2) is 5.13 Å². The fourth-order valence-electron chi connectivity index (χ4n) is 4.46. The molecule has 2 fully saturated rings. The Kier molecular flexibility index (Phi) is 6.64. The Morgan fingerprint density at radius 1 is 1.03 bits per heavy atom. The van der Waals surface area contributed by atoms with E-state index in [1.165, 1.54) is 0 Å². The summed E-state index contributed by atoms with van der Waals surface area (Å²) in [5.41, 5.74) is 0.991. The van der Waals surface area contributed by atoms with Gasteiger partial charge in [-0.15, -0.1) is 0 Å². The molecule has 1 aromatic carbocycles. The van der Waals surface area contributed by atoms with Crippen LogP contribution in [0.4, 0.5) is 5.13 Å². The lowest BCUT2D eigenvalue weighted by atomic mass is 10.1. The minimum Gasteiger partial charge on any atom is -0.379 e. The summed E-state index contributed by atoms with van der Waals surface area (Å²) in [7, 11) is 0. The summed E-state index contributed by atoms with van der Waals surface area (Å²) >= 11 is 1.66. The Balaban J connectivity index is 1.27. The first kappa shape index (κ1) is 21.3. The second-order valence-electron chi connectivity index (χ2n) is 8.32. The van der Waals surface area contributed by atoms with Crippen molar-refractivity contribution in [3.63, 3.8) is 0 Å². The lowest BCUT2D eigenvalue weighted by Crippen LogP contribution is -2.57. The first-order valence-electron chi connectivity index (χ1n) is 11.4. The van der Waals surface area contributed by atoms with Gasteiger partial charge in [0.1, 0.15) is 0 Å². The van der Waals surface area contributed by atoms with Crippen molar-refractivity contribution < 1.29 is 4.74 Å². The minimum atomic E-state index is -0.0487. The molecule has 0 saturated carbocycles. The number of thiazole rings is 1. The molecule has 0 bridgehead atoms. The van der Waals surface area contributed by atoms with Gasteiger partial charge in [0, 0.05) is 58.6 Å². The van der Waals surface area contributed by atoms with Gasteiger partial charge in [0.25, 0.3) is 0 Å². The molecule has 0 N–H and O–H groups in total. The number of nitrogens with zero attached hydrogens (tertiary/aromatic N) is 7. The summed E-state index contributed by atoms with van der Waals surface area (Å²) in [6.07, 6.45) is 4.27. The van der Waals surface area contributed by atoms with Crippen LogP contribution in [-0.2, 0) is 4.74 Å². The van der Waals surface area contributed by atoms with Gasteiger partial charge in [0.2, 0.25) is 5.96 Å². The van der Waals surface area contributed by atoms with Crippen molar-refractivity contribution in [3.8, 4) is 6.07 Å². The monoisotopic (exact) mass is 451 g/mol. The number of hydrogen-bond donors (Lipinski definition) is 0. The molecule has 3 aliphatic rings. The lowest BCUT2D eigenvalue weighted by molar-refractivity contribution is 0.0315. The Morgan fingerprint density at radius 3 is 2.53 bits per heavy atom. The summed E-state index contributed by atoms with van der Waals surface area (Å²) < 4.78 is 6.61. The quantitative estimate of drug-likeness (QED) is 0.690. The van der Waals surface area contributed by atoms with Crippen molar-refractivity contribution in [2.24, 2.45) is 4.99 Å². The largest absolute Gasteiger partial charge is 0.379 e. The Morgan fingerprint density at radius 2 is 1.78 bits per heavy atom. The van der Waals surface area contributed by atoms with Crippen molar-refractivity contribution in [1.29, 1.82) is 5.26 Å². The van der Waals surface area contributed by atoms with Crippen LogP contribution in [-0.4, -0.2) is 97.3 Å². The van der Waals surface area contributed by atoms with Crippen molar-refractivity contribution >= 4 is 32.6 Å². The van der Waals surface area contributed by atoms with Gasteiger partial charge in [-0.2, -0.15) is 5.26 Å². The molecule has 0 amide bonds. The van der Waals surface area contributed by atoms with Crippen LogP contribution in [0.25, 0.3) is 10.2 Å². The van der Waals surface area contributed by atoms with E-state index in [1.54, 1.807) is 11.3 Å². The average Bonchev–Trinajstić information content (AvgIpc) is 3.28. The molecular weight excluding hydrogens is 422 g/mol. The third kappa shape index (κ3) is 4.64. The van der Waals surface area contributed by atoms with Crippen LogP contribution in [0.3, 0.4) is 0 Å². The highest BCUT2D eigenvalue weighted by molar-refractivity contribution is 7.22. The van der Waals surface area contributed by atoms with Gasteiger partial charge in [0.05, 0.1) is 42.0 Å². The van der Waals surface area contributed by atoms with E-state index in [1.807, 2.05) is 30.5 Å². The van der Waals surface area contributed by atoms with Crippen LogP contribution < -0.4 is 4.90 Å². The van der Waals surface area contributed by atoms with Crippen LogP contribution in [0.1, 0.15) is 6.42 Å². The molecule has 9 heteroatoms. The zero-order chi connectivity index (χ0) is 21.8. The zero-order valence-corrected chi connectivity index (χ0v) is 19.1. The molecule has 8 nitrogen and oxygen atoms in total. The normalized spacial score (nSPS) is 22.8. The second-order valence-corrected chi connectivity index (χ2v) is 9.33. The maximum Gasteiger partial charge on any atom is 0.208 e. The molecule has 0 aliphatic carbocycles. The SMILES string of the molecule is N#CCC1C=CN=C(N2CCN(CCN3CCOCC3)CC2)N1c1nc2ccccc2s1. The minimum absolute atomic E-state index is 0.0487. The number of para-hydroxylation sites is 1. The molecule has 0 spiro atoms. The van der Waals surface area contributed by atoms with Crippen molar-refractivity contribution in [3.05, 3.63) is 36.5 Å². The number of hydrogen-bond acceptors (Lipinski definition) is 9. The van der Waals surface area contributed by atoms with E-state index < -0.39 is 0 Å². The average molecular weight is 452 g/mol. The van der Waals surface area contributed by atoms with Gasteiger partial charge in [-0.05, 0) is 18.2 Å². The fourth-order valence-corrected chi connectivity index (χ4v) is 5.48. The summed E-state index contributed by atoms with van der Waals surface area (Å²) in [5.74, 6) is 0.916. The number of piperazine rings is 1. The summed E-state index contributed by atoms with van der Waals surface area (Å²) in [6, 6.07) is 10.5. The van der Waals surface area contributed by atoms with E-state index in [2.05, 4.69) is 31.7 Å². The molecular formula is C23H29N7OS. The first-order chi connectivity index (χ1) is 15.8. The summed E-state index contributed by atoms with van der Waals surface area (Å²) in [5, 5.41) is 10.3. The number of morpholine rings is 1. The zero-order valence-electron chi connectivity index (χ0n) is 18.3. The molecule has 3 aliphatic heterocycles. The van der Waals surface area contributed by atoms with Gasteiger partial charge in [-0.25, -0.2) is 9.98 Å². The van der Waals surface area contributed by atoms with Crippen LogP contribution in [0.2, 0.25) is 0 Å². The summed E-state index contributed by atoms with van der Waals surface area (Å²) in [4.78, 5) is 19.2. The third-order valence-electron chi connectivity index (χ3n) is 6.33. The molecule has 1 unspecified atom stereocenters. The number of guanidine groups is 1. The van der Waals surface area contributed by atoms with Crippen LogP contribution >= 0.6 is 11.3 Å². The van der Waals surface area contributed by atoms with Crippen molar-refractivity contribution in [2.45, 2.75) is 12.5 Å². The van der Waals surface area contributed by atoms with E-state index in [0.717, 1.165) is 86.9 Å². The fraction of sp³-hybridized carbons (Fsp3) is 0.522. The summed E-state index contributed by atoms with van der Waals surface area (Å²) in [6.45, 7) is 9.88. The van der Waals surface area contributed by atoms with E-state index in [4.69, 9.17) is 14.7 Å². The van der Waals surface area contributed by atoms with Gasteiger partial charge >= 0.3 is 0 Å². The molecule has 5 rings (SSSR count). The molecule has 2 aromatic rings. The lowest BCUT2D eigenvalue weighted by Gasteiger charge is -2.42. The molecule has 0 radical (unpaired) electrons. The topological polar surface area (TPSA) is 71.2 Å². The molecule has 32 heavy (non-hydrogen) atoms. The Labute approximate surface area is 193 Å². The highest BCUT2D eigenvalue weighted by atomic mass is 32.1. The van der Waals surface area contributed by atoms with Gasteiger partial charge in [-0.1, -0.05) is 23.5 Å². The molecule has 1 aromatic heterocycles. The highest BCUT2D eigenvalue weighted by Gasteiger charge is 2.32. The number of aromatic nitrogens is 1. The van der Waals surface area contributed by atoms with Crippen molar-refractivity contribution in [1.82, 2.24) is 19.7 Å². The number of anilines is 1. The van der Waals surface area contributed by atoms with Gasteiger partial charge in [-0.3, -0.25) is 14.7 Å². The van der Waals surface area contributed by atoms with E-state index >= 15 is 0 Å². The van der Waals surface area contributed by atoms with Crippen LogP contribution in [0.5, 0.6) is 0 Å². The van der Waals surface area contributed by atoms with Gasteiger partial charge < -0.3 is 9.64 Å². The first-order valence-corrected chi connectivity index (χ1v) is 12.2. The molecule has 1 atom stereocenters. The standard InChI is InChI=1S/C23H29N7OS/c24-7-5-19-6-8-25-22(30(19)23-26-20-3-1-2-4-21(20)32-23)29-13-11-27(12-14-29)9-10-28-15-17-31-18-16-28/h1-4,6,8,19H,5,9-18H2. The predicted octanol–water partition coefficient (Wildman–Crippen LogP) is 2.22. The van der Waals surface area contributed by atoms with E-state index in [0.29, 0.717) is 6.42 Å². The molecule has 4 heterocycles. The number of benzene rings is 1. The van der Waals surface area contributed by atoms with Crippen LogP contribution in [0, 0.1) is 11.3 Å². The van der Waals surface area contributed by atoms with Crippen molar-refractivity contribution in [2.75, 3.05) is 70.5 Å². The van der Waals surface area contributed by atoms with Crippen LogP contribution in [0.15, 0.2) is 41.5 Å². The smallest absolute Gasteiger partial charge is 0.208 e. The molecule has 2 saturated heterocycles. The number of fused-ring (bicyclic) bond motifs is 1. The number of aliphatic imine (C=N–C) groups is 1. The Bertz CT molecular complexity index is 982. The second kappa shape index (κ2) is 9.96. The highest BCUT2D eigenvalue weighted by Crippen LogP contribution is 2.32.